The molecule has 4 nitrogen and oxygen atoms in total. The Morgan fingerprint density at radius 2 is 1.11 bits per heavy atom. The maximum atomic E-state index is 3.58. The van der Waals surface area contributed by atoms with E-state index < -0.39 is 0 Å². The van der Waals surface area contributed by atoms with Crippen molar-refractivity contribution in [2.24, 2.45) is 0 Å². The Kier molecular flexibility index (Phi) is 5.50. The summed E-state index contributed by atoms with van der Waals surface area (Å²) >= 11 is 0. The number of nitrogens with zero attached hydrogens (tertiary/aromatic N) is 4. The Hall–Kier alpha value is -2.19. The maximum absolute atomic E-state index is 3.58. The molecule has 0 aliphatic carbocycles. The van der Waals surface area contributed by atoms with Crippen LogP contribution in [0.25, 0.3) is 0 Å². The van der Waals surface area contributed by atoms with E-state index in [2.05, 4.69) is 107 Å². The fourth-order valence-electron chi connectivity index (χ4n) is 3.87. The molecule has 5 heteroatoms. The Labute approximate surface area is 182 Å². The first-order valence-electron chi connectivity index (χ1n) is 9.40. The van der Waals surface area contributed by atoms with Crippen molar-refractivity contribution < 1.29 is 21.1 Å². The summed E-state index contributed by atoms with van der Waals surface area (Å²) in [5, 5.41) is 0. The molecule has 0 amide bonds. The minimum atomic E-state index is 0. The smallest absolute Gasteiger partial charge is 0.0156 e. The molecule has 0 aromatic heterocycles. The van der Waals surface area contributed by atoms with E-state index in [4.69, 9.17) is 0 Å². The molecule has 5 rings (SSSR count). The van der Waals surface area contributed by atoms with Gasteiger partial charge in [0.15, 0.2) is 0 Å². The van der Waals surface area contributed by atoms with Crippen LogP contribution in [-0.4, -0.2) is 19.6 Å². The van der Waals surface area contributed by atoms with Gasteiger partial charge in [0.2, 0.25) is 0 Å². The van der Waals surface area contributed by atoms with Crippen molar-refractivity contribution in [1.82, 2.24) is 19.6 Å². The molecule has 0 radical (unpaired) electrons. The van der Waals surface area contributed by atoms with Crippen LogP contribution in [0.5, 0.6) is 0 Å². The van der Waals surface area contributed by atoms with Gasteiger partial charge in [-0.05, 0) is 61.5 Å². The van der Waals surface area contributed by atoms with E-state index in [1.807, 2.05) is 0 Å². The Bertz CT molecular complexity index is 842. The largest absolute Gasteiger partial charge is 0.506 e. The van der Waals surface area contributed by atoms with Crippen molar-refractivity contribution in [2.45, 2.75) is 33.1 Å². The summed E-state index contributed by atoms with van der Waals surface area (Å²) in [5.41, 5.74) is 6.54. The van der Waals surface area contributed by atoms with Gasteiger partial charge in [0.05, 0.1) is 0 Å². The second-order valence-electron chi connectivity index (χ2n) is 7.42. The molecule has 0 atom stereocenters. The summed E-state index contributed by atoms with van der Waals surface area (Å²) in [4.78, 5) is 8.96. The standard InChI is InChI=1S/C23H23N4.Pt/c1-19-22-6-3-7-23(19)16-27-11-9-25(18-27)14-21-5-2-4-20(12-21)13-24-8-10-26(15-22)17-24;/h2-11,17-18H,13-16H2,1H3;/q-3;. The molecule has 0 saturated carbocycles. The Morgan fingerprint density at radius 3 is 1.61 bits per heavy atom. The zero-order valence-corrected chi connectivity index (χ0v) is 18.1. The predicted molar refractivity (Wildman–Crippen MR) is 106 cm³/mol. The Morgan fingerprint density at radius 1 is 0.679 bits per heavy atom. The van der Waals surface area contributed by atoms with E-state index >= 15 is 0 Å². The fourth-order valence-corrected chi connectivity index (χ4v) is 3.87. The van der Waals surface area contributed by atoms with E-state index in [0.717, 1.165) is 26.2 Å². The van der Waals surface area contributed by atoms with Crippen molar-refractivity contribution in [3.05, 3.63) is 108 Å². The first kappa shape index (κ1) is 19.1. The third-order valence-corrected chi connectivity index (χ3v) is 5.38. The van der Waals surface area contributed by atoms with Crippen molar-refractivity contribution in [1.29, 1.82) is 0 Å². The maximum Gasteiger partial charge on any atom is 0.0156 e. The van der Waals surface area contributed by atoms with Gasteiger partial charge in [0, 0.05) is 34.2 Å². The van der Waals surface area contributed by atoms with Gasteiger partial charge in [-0.2, -0.15) is 37.6 Å². The number of hydrogen-bond donors (Lipinski definition) is 0. The van der Waals surface area contributed by atoms with Crippen molar-refractivity contribution in [3.8, 4) is 0 Å². The van der Waals surface area contributed by atoms with Gasteiger partial charge in [-0.25, -0.2) is 0 Å². The van der Waals surface area contributed by atoms with Crippen LogP contribution in [0, 0.1) is 26.3 Å². The first-order valence-corrected chi connectivity index (χ1v) is 9.40. The predicted octanol–water partition coefficient (Wildman–Crippen LogP) is 3.92. The monoisotopic (exact) mass is 550 g/mol. The molecule has 148 valence electrons. The first-order chi connectivity index (χ1) is 13.2. The third kappa shape index (κ3) is 3.98. The zero-order chi connectivity index (χ0) is 18.2. The minimum Gasteiger partial charge on any atom is -0.506 e. The van der Waals surface area contributed by atoms with Gasteiger partial charge in [-0.15, -0.1) is 11.1 Å². The molecule has 3 aliphatic heterocycles. The van der Waals surface area contributed by atoms with E-state index in [0.29, 0.717) is 0 Å². The summed E-state index contributed by atoms with van der Waals surface area (Å²) in [5.74, 6) is 0. The molecule has 0 fully saturated rings. The van der Waals surface area contributed by atoms with E-state index in [1.165, 1.54) is 27.8 Å². The molecule has 0 saturated heterocycles. The fraction of sp³-hybridized carbons (Fsp3) is 0.217. The second kappa shape index (κ2) is 8.05. The molecule has 3 aliphatic rings. The molecule has 0 unspecified atom stereocenters. The summed E-state index contributed by atoms with van der Waals surface area (Å²) < 4.78 is 0. The van der Waals surface area contributed by atoms with Crippen LogP contribution in [0.3, 0.4) is 0 Å². The zero-order valence-electron chi connectivity index (χ0n) is 15.9. The SMILES string of the molecule is Cc1c2cccc1CN1C=CN([CH-]1)Cc1[c-]c(ccc1)CN1C=CN([CH-]1)C2.[Pt]. The summed E-state index contributed by atoms with van der Waals surface area (Å²) in [6.45, 7) is 10.1. The van der Waals surface area contributed by atoms with Crippen LogP contribution < -0.4 is 0 Å². The van der Waals surface area contributed by atoms with Crippen molar-refractivity contribution in [2.75, 3.05) is 0 Å². The van der Waals surface area contributed by atoms with Gasteiger partial charge in [-0.3, -0.25) is 0 Å². The molecular weight excluding hydrogens is 527 g/mol. The summed E-state index contributed by atoms with van der Waals surface area (Å²) in [6, 6.07) is 16.7. The van der Waals surface area contributed by atoms with Crippen molar-refractivity contribution >= 4 is 0 Å². The second-order valence-corrected chi connectivity index (χ2v) is 7.42. The number of rotatable bonds is 0. The molecule has 3 heterocycles. The quantitative estimate of drug-likeness (QED) is 0.461. The molecule has 0 N–H and O–H groups in total. The average Bonchev–Trinajstić information content (AvgIpc) is 3.28. The van der Waals surface area contributed by atoms with Crippen LogP contribution in [0.1, 0.15) is 27.8 Å². The minimum absolute atomic E-state index is 0. The molecule has 28 heavy (non-hydrogen) atoms. The number of fused-ring (bicyclic) bond motifs is 8. The molecule has 2 aromatic carbocycles. The third-order valence-electron chi connectivity index (χ3n) is 5.38. The molecule has 8 bridgehead atoms. The van der Waals surface area contributed by atoms with Crippen LogP contribution in [0.2, 0.25) is 0 Å². The topological polar surface area (TPSA) is 13.0 Å². The number of hydrogen-bond acceptors (Lipinski definition) is 4. The van der Waals surface area contributed by atoms with Crippen molar-refractivity contribution in [3.63, 3.8) is 0 Å². The van der Waals surface area contributed by atoms with Gasteiger partial charge < -0.3 is 19.6 Å². The van der Waals surface area contributed by atoms with E-state index in [1.54, 1.807) is 0 Å². The van der Waals surface area contributed by atoms with Crippen LogP contribution in [-0.2, 0) is 47.2 Å². The Balaban J connectivity index is 0.00000192. The van der Waals surface area contributed by atoms with Crippen LogP contribution >= 0.6 is 0 Å². The van der Waals surface area contributed by atoms with E-state index in [-0.39, 0.29) is 21.1 Å². The molecular formula is C23H23N4Pt-3. The van der Waals surface area contributed by atoms with Crippen LogP contribution in [0.15, 0.2) is 61.2 Å². The number of benzene rings is 2. The summed E-state index contributed by atoms with van der Waals surface area (Å²) in [6.07, 6.45) is 8.60. The normalized spacial score (nSPS) is 17.9. The summed E-state index contributed by atoms with van der Waals surface area (Å²) in [7, 11) is 0. The molecule has 0 spiro atoms. The van der Waals surface area contributed by atoms with Crippen LogP contribution in [0.4, 0.5) is 0 Å². The molecule has 2 aromatic rings. The van der Waals surface area contributed by atoms with Gasteiger partial charge >= 0.3 is 0 Å². The van der Waals surface area contributed by atoms with Gasteiger partial charge in [0.25, 0.3) is 0 Å². The van der Waals surface area contributed by atoms with Gasteiger partial charge in [-0.1, -0.05) is 18.2 Å². The van der Waals surface area contributed by atoms with E-state index in [9.17, 15) is 0 Å². The average molecular weight is 551 g/mol. The van der Waals surface area contributed by atoms with Gasteiger partial charge in [0.1, 0.15) is 0 Å².